The van der Waals surface area contributed by atoms with Crippen LogP contribution in [0.25, 0.3) is 21.0 Å². The van der Waals surface area contributed by atoms with Gasteiger partial charge in [-0.25, -0.2) is 4.98 Å². The summed E-state index contributed by atoms with van der Waals surface area (Å²) >= 11 is 7.86. The van der Waals surface area contributed by atoms with Gasteiger partial charge < -0.3 is 5.32 Å². The Hall–Kier alpha value is -2.43. The Morgan fingerprint density at radius 3 is 2.71 bits per heavy atom. The number of nitrogens with zero attached hydrogens (tertiary/aromatic N) is 1. The van der Waals surface area contributed by atoms with Crippen molar-refractivity contribution in [2.45, 2.75) is 32.7 Å². The number of halogens is 1. The Labute approximate surface area is 173 Å². The van der Waals surface area contributed by atoms with Crippen LogP contribution in [-0.4, -0.2) is 16.9 Å². The van der Waals surface area contributed by atoms with Gasteiger partial charge in [0.15, 0.2) is 0 Å². The number of aromatic nitrogens is 1. The molecule has 0 radical (unpaired) electrons. The van der Waals surface area contributed by atoms with Gasteiger partial charge in [0.05, 0.1) is 10.4 Å². The largest absolute Gasteiger partial charge is 0.349 e. The second-order valence-electron chi connectivity index (χ2n) is 7.18. The van der Waals surface area contributed by atoms with Crippen molar-refractivity contribution in [3.8, 4) is 0 Å². The molecule has 28 heavy (non-hydrogen) atoms. The van der Waals surface area contributed by atoms with Gasteiger partial charge in [-0.05, 0) is 50.5 Å². The number of carbonyl (C=O) groups excluding carboxylic acids is 1. The monoisotopic (exact) mass is 408 g/mol. The van der Waals surface area contributed by atoms with Crippen molar-refractivity contribution < 1.29 is 4.79 Å². The molecule has 0 spiro atoms. The summed E-state index contributed by atoms with van der Waals surface area (Å²) in [6, 6.07) is 18.4. The number of nitrogens with one attached hydrogen (secondary N) is 1. The zero-order chi connectivity index (χ0) is 19.7. The summed E-state index contributed by atoms with van der Waals surface area (Å²) in [4.78, 5) is 17.9. The lowest BCUT2D eigenvalue weighted by Crippen LogP contribution is -2.32. The molecule has 0 aliphatic carbocycles. The van der Waals surface area contributed by atoms with Gasteiger partial charge in [0.25, 0.3) is 5.91 Å². The summed E-state index contributed by atoms with van der Waals surface area (Å²) in [5.41, 5.74) is 3.30. The second kappa shape index (κ2) is 7.90. The van der Waals surface area contributed by atoms with Crippen molar-refractivity contribution in [3.63, 3.8) is 0 Å². The molecule has 4 rings (SSSR count). The fourth-order valence-electron chi connectivity index (χ4n) is 3.35. The molecule has 5 heteroatoms. The highest BCUT2D eigenvalue weighted by molar-refractivity contribution is 7.21. The molecule has 1 N–H and O–H groups in total. The van der Waals surface area contributed by atoms with Crippen LogP contribution in [0.2, 0.25) is 5.15 Å². The maximum Gasteiger partial charge on any atom is 0.261 e. The smallest absolute Gasteiger partial charge is 0.261 e. The predicted molar refractivity (Wildman–Crippen MR) is 119 cm³/mol. The van der Waals surface area contributed by atoms with Crippen LogP contribution in [0.3, 0.4) is 0 Å². The highest BCUT2D eigenvalue weighted by Gasteiger charge is 2.17. The summed E-state index contributed by atoms with van der Waals surface area (Å²) in [6.45, 7) is 4.09. The first kappa shape index (κ1) is 18.9. The molecule has 0 fully saturated rings. The minimum Gasteiger partial charge on any atom is -0.349 e. The van der Waals surface area contributed by atoms with Gasteiger partial charge in [-0.2, -0.15) is 0 Å². The van der Waals surface area contributed by atoms with Gasteiger partial charge in [0.2, 0.25) is 0 Å². The molecule has 142 valence electrons. The van der Waals surface area contributed by atoms with Crippen LogP contribution in [0.5, 0.6) is 0 Å². The lowest BCUT2D eigenvalue weighted by atomic mass is 10.1. The molecule has 0 saturated carbocycles. The number of fused-ring (bicyclic) bond motifs is 3. The van der Waals surface area contributed by atoms with Crippen LogP contribution in [0, 0.1) is 6.92 Å². The lowest BCUT2D eigenvalue weighted by molar-refractivity contribution is 0.0942. The number of carbonyl (C=O) groups is 1. The van der Waals surface area contributed by atoms with E-state index in [2.05, 4.69) is 35.4 Å². The van der Waals surface area contributed by atoms with Crippen LogP contribution >= 0.6 is 22.9 Å². The first-order chi connectivity index (χ1) is 13.5. The van der Waals surface area contributed by atoms with Gasteiger partial charge in [0, 0.05) is 21.5 Å². The van der Waals surface area contributed by atoms with Gasteiger partial charge >= 0.3 is 0 Å². The van der Waals surface area contributed by atoms with E-state index in [9.17, 15) is 4.79 Å². The normalized spacial score (nSPS) is 12.4. The number of hydrogen-bond acceptors (Lipinski definition) is 3. The van der Waals surface area contributed by atoms with Crippen LogP contribution in [-0.2, 0) is 6.42 Å². The van der Waals surface area contributed by atoms with E-state index in [4.69, 9.17) is 11.6 Å². The van der Waals surface area contributed by atoms with Gasteiger partial charge in [-0.3, -0.25) is 4.79 Å². The van der Waals surface area contributed by atoms with E-state index in [0.717, 1.165) is 39.4 Å². The molecule has 2 aromatic heterocycles. The SMILES string of the molecule is Cc1ccc2nc(Cl)c3cc(C(=O)NC(C)CCc4ccccc4)sc3c2c1. The zero-order valence-electron chi connectivity index (χ0n) is 15.8. The first-order valence-corrected chi connectivity index (χ1v) is 10.5. The minimum absolute atomic E-state index is 0.0568. The third-order valence-corrected chi connectivity index (χ3v) is 6.33. The fourth-order valence-corrected chi connectivity index (χ4v) is 4.73. The molecular weight excluding hydrogens is 388 g/mol. The summed E-state index contributed by atoms with van der Waals surface area (Å²) in [6.07, 6.45) is 1.83. The van der Waals surface area contributed by atoms with Crippen molar-refractivity contribution in [1.82, 2.24) is 10.3 Å². The molecule has 1 amide bonds. The molecule has 0 aliphatic rings. The number of benzene rings is 2. The Kier molecular flexibility index (Phi) is 5.33. The van der Waals surface area contributed by atoms with Crippen LogP contribution in [0.1, 0.15) is 34.1 Å². The molecule has 0 bridgehead atoms. The molecule has 0 aliphatic heterocycles. The van der Waals surface area contributed by atoms with Crippen molar-refractivity contribution in [3.05, 3.63) is 75.8 Å². The number of amides is 1. The predicted octanol–water partition coefficient (Wildman–Crippen LogP) is 6.16. The lowest BCUT2D eigenvalue weighted by Gasteiger charge is -2.13. The van der Waals surface area contributed by atoms with Gasteiger partial charge in [-0.15, -0.1) is 11.3 Å². The Morgan fingerprint density at radius 1 is 1.14 bits per heavy atom. The zero-order valence-corrected chi connectivity index (χ0v) is 17.4. The Bertz CT molecular complexity index is 1150. The molecule has 4 aromatic rings. The Morgan fingerprint density at radius 2 is 1.93 bits per heavy atom. The number of hydrogen-bond donors (Lipinski definition) is 1. The number of aryl methyl sites for hydroxylation is 2. The molecular formula is C23H21ClN2OS. The van der Waals surface area contributed by atoms with Crippen molar-refractivity contribution in [2.24, 2.45) is 0 Å². The molecule has 3 nitrogen and oxygen atoms in total. The second-order valence-corrected chi connectivity index (χ2v) is 8.59. The molecule has 1 atom stereocenters. The highest BCUT2D eigenvalue weighted by Crippen LogP contribution is 2.36. The van der Waals surface area contributed by atoms with Gasteiger partial charge in [-0.1, -0.05) is 53.6 Å². The van der Waals surface area contributed by atoms with E-state index < -0.39 is 0 Å². The summed E-state index contributed by atoms with van der Waals surface area (Å²) in [7, 11) is 0. The maximum absolute atomic E-state index is 12.8. The molecule has 0 saturated heterocycles. The third-order valence-electron chi connectivity index (χ3n) is 4.88. The summed E-state index contributed by atoms with van der Waals surface area (Å²) in [5.74, 6) is -0.0568. The molecule has 2 aromatic carbocycles. The van der Waals surface area contributed by atoms with Gasteiger partial charge in [0.1, 0.15) is 5.15 Å². The Balaban J connectivity index is 1.55. The molecule has 1 unspecified atom stereocenters. The fraction of sp³-hybridized carbons (Fsp3) is 0.217. The van der Waals surface area contributed by atoms with Crippen molar-refractivity contribution in [1.29, 1.82) is 0 Å². The van der Waals surface area contributed by atoms with E-state index in [1.54, 1.807) is 0 Å². The quantitative estimate of drug-likeness (QED) is 0.401. The van der Waals surface area contributed by atoms with E-state index in [1.165, 1.54) is 16.9 Å². The first-order valence-electron chi connectivity index (χ1n) is 9.35. The maximum atomic E-state index is 12.8. The topological polar surface area (TPSA) is 42.0 Å². The van der Waals surface area contributed by atoms with E-state index in [-0.39, 0.29) is 11.9 Å². The number of rotatable bonds is 5. The van der Waals surface area contributed by atoms with E-state index in [0.29, 0.717) is 10.0 Å². The van der Waals surface area contributed by atoms with Crippen molar-refractivity contribution >= 4 is 49.8 Å². The number of thiophene rings is 1. The van der Waals surface area contributed by atoms with Crippen LogP contribution in [0.4, 0.5) is 0 Å². The minimum atomic E-state index is -0.0568. The van der Waals surface area contributed by atoms with Crippen molar-refractivity contribution in [2.75, 3.05) is 0 Å². The van der Waals surface area contributed by atoms with E-state index >= 15 is 0 Å². The third kappa shape index (κ3) is 3.89. The standard InChI is InChI=1S/C23H21ClN2OS/c1-14-8-11-19-17(12-14)21-18(22(24)26-19)13-20(28-21)23(27)25-15(2)9-10-16-6-4-3-5-7-16/h3-8,11-13,15H,9-10H2,1-2H3,(H,25,27). The average molecular weight is 409 g/mol. The number of pyridine rings is 1. The summed E-state index contributed by atoms with van der Waals surface area (Å²) in [5, 5.41) is 5.44. The van der Waals surface area contributed by atoms with Crippen LogP contribution in [0.15, 0.2) is 54.6 Å². The van der Waals surface area contributed by atoms with E-state index in [1.807, 2.05) is 43.3 Å². The highest BCUT2D eigenvalue weighted by atomic mass is 35.5. The molecule has 2 heterocycles. The average Bonchev–Trinajstić information content (AvgIpc) is 3.15. The van der Waals surface area contributed by atoms with Crippen LogP contribution < -0.4 is 5.32 Å². The summed E-state index contributed by atoms with van der Waals surface area (Å²) < 4.78 is 1.01.